The number of carbonyl (C=O) groups excluding carboxylic acids is 3. The van der Waals surface area contributed by atoms with Gasteiger partial charge in [-0.1, -0.05) is 276 Å². The third kappa shape index (κ3) is 64.1. The number of allylic oxidation sites excluding steroid dienone is 24. The van der Waals surface area contributed by atoms with E-state index in [2.05, 4.69) is 167 Å². The van der Waals surface area contributed by atoms with Gasteiger partial charge in [0.1, 0.15) is 13.2 Å². The van der Waals surface area contributed by atoms with E-state index < -0.39 is 6.10 Å². The zero-order chi connectivity index (χ0) is 57.8. The highest BCUT2D eigenvalue weighted by molar-refractivity contribution is 5.71. The number of esters is 3. The van der Waals surface area contributed by atoms with E-state index in [1.807, 2.05) is 0 Å². The summed E-state index contributed by atoms with van der Waals surface area (Å²) in [7, 11) is 0. The lowest BCUT2D eigenvalue weighted by Gasteiger charge is -2.18. The maximum Gasteiger partial charge on any atom is 0.306 e. The summed E-state index contributed by atoms with van der Waals surface area (Å²) in [6, 6.07) is 0. The lowest BCUT2D eigenvalue weighted by molar-refractivity contribution is -0.167. The molecular formula is C74H120O6. The van der Waals surface area contributed by atoms with Crippen molar-refractivity contribution < 1.29 is 28.6 Å². The Kier molecular flexibility index (Phi) is 62.9. The quantitative estimate of drug-likeness (QED) is 0.0261. The van der Waals surface area contributed by atoms with Crippen LogP contribution in [0.5, 0.6) is 0 Å². The molecule has 1 unspecified atom stereocenters. The minimum atomic E-state index is -0.811. The van der Waals surface area contributed by atoms with Crippen molar-refractivity contribution in [2.75, 3.05) is 13.2 Å². The molecule has 0 aliphatic heterocycles. The average Bonchev–Trinajstić information content (AvgIpc) is 3.46. The molecule has 0 radical (unpaired) electrons. The lowest BCUT2D eigenvalue weighted by atomic mass is 10.0. The molecule has 0 aromatic carbocycles. The summed E-state index contributed by atoms with van der Waals surface area (Å²) >= 11 is 0. The monoisotopic (exact) mass is 1100 g/mol. The van der Waals surface area contributed by atoms with Gasteiger partial charge in [0.15, 0.2) is 6.10 Å². The van der Waals surface area contributed by atoms with Gasteiger partial charge in [0.2, 0.25) is 0 Å². The molecule has 0 spiro atoms. The van der Waals surface area contributed by atoms with Gasteiger partial charge in [-0.05, 0) is 135 Å². The van der Waals surface area contributed by atoms with E-state index in [0.29, 0.717) is 19.3 Å². The van der Waals surface area contributed by atoms with Gasteiger partial charge in [-0.2, -0.15) is 0 Å². The van der Waals surface area contributed by atoms with E-state index in [9.17, 15) is 14.4 Å². The lowest BCUT2D eigenvalue weighted by Crippen LogP contribution is -2.30. The molecule has 6 heteroatoms. The van der Waals surface area contributed by atoms with Gasteiger partial charge >= 0.3 is 17.9 Å². The second-order valence-electron chi connectivity index (χ2n) is 21.3. The summed E-state index contributed by atoms with van der Waals surface area (Å²) in [5.41, 5.74) is 0. The van der Waals surface area contributed by atoms with Crippen molar-refractivity contribution in [3.05, 3.63) is 146 Å². The van der Waals surface area contributed by atoms with Crippen LogP contribution in [-0.4, -0.2) is 37.2 Å². The summed E-state index contributed by atoms with van der Waals surface area (Å²) in [6.07, 6.45) is 95.8. The van der Waals surface area contributed by atoms with E-state index in [-0.39, 0.29) is 37.5 Å². The Bertz CT molecular complexity index is 1750. The highest BCUT2D eigenvalue weighted by Gasteiger charge is 2.19. The van der Waals surface area contributed by atoms with Gasteiger partial charge < -0.3 is 14.2 Å². The molecule has 0 saturated heterocycles. The Morgan fingerprint density at radius 1 is 0.263 bits per heavy atom. The van der Waals surface area contributed by atoms with Gasteiger partial charge in [-0.3, -0.25) is 14.4 Å². The molecule has 0 aromatic heterocycles. The number of ether oxygens (including phenoxy) is 3. The normalized spacial score (nSPS) is 13.1. The third-order valence-electron chi connectivity index (χ3n) is 13.6. The van der Waals surface area contributed by atoms with E-state index in [4.69, 9.17) is 14.2 Å². The number of carbonyl (C=O) groups is 3. The van der Waals surface area contributed by atoms with Crippen molar-refractivity contribution in [1.82, 2.24) is 0 Å². The van der Waals surface area contributed by atoms with Crippen LogP contribution in [0.1, 0.15) is 284 Å². The molecule has 0 N–H and O–H groups in total. The average molecular weight is 1110 g/mol. The third-order valence-corrected chi connectivity index (χ3v) is 13.6. The highest BCUT2D eigenvalue weighted by atomic mass is 16.6. The van der Waals surface area contributed by atoms with Gasteiger partial charge in [-0.15, -0.1) is 0 Å². The fourth-order valence-corrected chi connectivity index (χ4v) is 8.69. The largest absolute Gasteiger partial charge is 0.462 e. The Morgan fingerprint density at radius 3 is 0.787 bits per heavy atom. The van der Waals surface area contributed by atoms with Crippen LogP contribution in [0.15, 0.2) is 146 Å². The van der Waals surface area contributed by atoms with Crippen molar-refractivity contribution in [2.45, 2.75) is 290 Å². The highest BCUT2D eigenvalue weighted by Crippen LogP contribution is 2.16. The molecule has 0 fully saturated rings. The van der Waals surface area contributed by atoms with Crippen LogP contribution in [-0.2, 0) is 28.6 Å². The first kappa shape index (κ1) is 75.3. The Hall–Kier alpha value is -4.71. The maximum absolute atomic E-state index is 12.9. The SMILES string of the molecule is CC/C=C\C/C=C\C/C=C\C/C=C\C/C=C\C/C=C\CCCCCCCCCCCCCCCCC(=O)OCC(COC(=O)CCCCCCC/C=C\C/C=C\CCCC)OC(=O)CCCC/C=C\C/C=C\C/C=C\C/C=C\CC. The Morgan fingerprint density at radius 2 is 0.487 bits per heavy atom. The van der Waals surface area contributed by atoms with Crippen LogP contribution >= 0.6 is 0 Å². The molecule has 6 nitrogen and oxygen atoms in total. The molecule has 1 atom stereocenters. The molecule has 0 bridgehead atoms. The summed E-state index contributed by atoms with van der Waals surface area (Å²) in [6.45, 7) is 6.33. The van der Waals surface area contributed by atoms with Crippen LogP contribution in [0, 0.1) is 0 Å². The molecule has 80 heavy (non-hydrogen) atoms. The summed E-state index contributed by atoms with van der Waals surface area (Å²) in [4.78, 5) is 38.3. The number of unbranched alkanes of at least 4 members (excludes halogenated alkanes) is 23. The van der Waals surface area contributed by atoms with Crippen LogP contribution in [0.3, 0.4) is 0 Å². The second-order valence-corrected chi connectivity index (χ2v) is 21.3. The molecule has 0 amide bonds. The first-order valence-corrected chi connectivity index (χ1v) is 32.8. The summed E-state index contributed by atoms with van der Waals surface area (Å²) < 4.78 is 16.9. The minimum Gasteiger partial charge on any atom is -0.462 e. The fourth-order valence-electron chi connectivity index (χ4n) is 8.69. The summed E-state index contributed by atoms with van der Waals surface area (Å²) in [5.74, 6) is -0.959. The Labute approximate surface area is 493 Å². The molecule has 452 valence electrons. The van der Waals surface area contributed by atoms with Crippen molar-refractivity contribution in [1.29, 1.82) is 0 Å². The van der Waals surface area contributed by atoms with E-state index >= 15 is 0 Å². The van der Waals surface area contributed by atoms with Gasteiger partial charge in [-0.25, -0.2) is 0 Å². The molecule has 0 aliphatic carbocycles. The topological polar surface area (TPSA) is 78.9 Å². The van der Waals surface area contributed by atoms with Gasteiger partial charge in [0, 0.05) is 19.3 Å². The molecule has 0 aromatic rings. The van der Waals surface area contributed by atoms with Gasteiger partial charge in [0.05, 0.1) is 0 Å². The van der Waals surface area contributed by atoms with Crippen molar-refractivity contribution in [2.24, 2.45) is 0 Å². The first-order valence-electron chi connectivity index (χ1n) is 32.8. The van der Waals surface area contributed by atoms with Crippen LogP contribution in [0.4, 0.5) is 0 Å². The first-order chi connectivity index (χ1) is 39.5. The maximum atomic E-state index is 12.9. The molecule has 0 saturated carbocycles. The molecular weight excluding hydrogens is 985 g/mol. The predicted molar refractivity (Wildman–Crippen MR) is 348 cm³/mol. The van der Waals surface area contributed by atoms with Crippen molar-refractivity contribution in [3.63, 3.8) is 0 Å². The number of hydrogen-bond donors (Lipinski definition) is 0. The molecule has 0 aliphatic rings. The van der Waals surface area contributed by atoms with E-state index in [1.54, 1.807) is 0 Å². The minimum absolute atomic E-state index is 0.103. The van der Waals surface area contributed by atoms with Crippen molar-refractivity contribution in [3.8, 4) is 0 Å². The number of rotatable bonds is 58. The Balaban J connectivity index is 4.25. The van der Waals surface area contributed by atoms with Gasteiger partial charge in [0.25, 0.3) is 0 Å². The molecule has 0 rings (SSSR count). The summed E-state index contributed by atoms with van der Waals surface area (Å²) in [5, 5.41) is 0. The van der Waals surface area contributed by atoms with Crippen molar-refractivity contribution >= 4 is 17.9 Å². The van der Waals surface area contributed by atoms with E-state index in [0.717, 1.165) is 141 Å². The standard InChI is InChI=1S/C74H120O6/c1-4-7-10-13-16-19-22-25-28-29-30-31-32-33-34-35-36-37-38-39-40-41-42-43-44-45-47-49-52-55-58-61-64-67-73(76)79-70-71(69-78-72(75)66-63-60-57-54-51-48-27-24-21-18-15-12-9-6-3)80-74(77)68-65-62-59-56-53-50-46-26-23-20-17-14-11-8-5-2/h7-8,10-11,15-20,24-28,30-31,33-34,36-37,46,53,56,71H,4-6,9,12-14,21-23,29,32,35,38-45,47-52,54-55,57-70H2,1-3H3/b10-7-,11-8-,18-15-,19-16-,20-17-,27-24-,28-25-,31-30-,34-33-,37-36-,46-26-,56-53-. The van der Waals surface area contributed by atoms with Crippen LogP contribution in [0.2, 0.25) is 0 Å². The smallest absolute Gasteiger partial charge is 0.306 e. The van der Waals surface area contributed by atoms with Crippen LogP contribution < -0.4 is 0 Å². The molecule has 0 heterocycles. The zero-order valence-electron chi connectivity index (χ0n) is 51.8. The van der Waals surface area contributed by atoms with Crippen LogP contribution in [0.25, 0.3) is 0 Å². The predicted octanol–water partition coefficient (Wildman–Crippen LogP) is 22.7. The number of hydrogen-bond acceptors (Lipinski definition) is 6. The van der Waals surface area contributed by atoms with E-state index in [1.165, 1.54) is 96.3 Å². The second kappa shape index (κ2) is 66.8. The zero-order valence-corrected chi connectivity index (χ0v) is 51.8. The fraction of sp³-hybridized carbons (Fsp3) is 0.635.